The van der Waals surface area contributed by atoms with Gasteiger partial charge in [-0.25, -0.2) is 0 Å². The predicted octanol–water partition coefficient (Wildman–Crippen LogP) is 3.79. The number of nitrogens with one attached hydrogen (secondary N) is 1. The van der Waals surface area contributed by atoms with E-state index in [4.69, 9.17) is 9.47 Å². The second-order valence-electron chi connectivity index (χ2n) is 8.40. The Hall–Kier alpha value is -4.07. The maximum absolute atomic E-state index is 13.3. The first-order valence-corrected chi connectivity index (χ1v) is 11.6. The molecular weight excluding hydrogens is 446 g/mol. The smallest absolute Gasteiger partial charge is 0.263 e. The number of ether oxygens (including phenoxy) is 2. The number of anilines is 1. The van der Waals surface area contributed by atoms with E-state index < -0.39 is 11.5 Å². The Morgan fingerprint density at radius 3 is 2.26 bits per heavy atom. The summed E-state index contributed by atoms with van der Waals surface area (Å²) in [4.78, 5) is 41.4. The van der Waals surface area contributed by atoms with Gasteiger partial charge in [0.2, 0.25) is 0 Å². The molecule has 2 amide bonds. The van der Waals surface area contributed by atoms with Crippen LogP contribution < -0.4 is 20.3 Å². The molecule has 0 radical (unpaired) electrons. The highest BCUT2D eigenvalue weighted by molar-refractivity contribution is 6.09. The van der Waals surface area contributed by atoms with Crippen molar-refractivity contribution >= 4 is 17.5 Å². The average molecular weight is 476 g/mol. The van der Waals surface area contributed by atoms with Gasteiger partial charge in [0.1, 0.15) is 5.56 Å². The van der Waals surface area contributed by atoms with Gasteiger partial charge < -0.3 is 24.3 Å². The SMILES string of the molecule is COc1cc(NC(=O)c2cccn(Cc3ccccc3)c2=O)c(C(=O)N2CCCCC2)cc1OC. The molecule has 2 aromatic carbocycles. The van der Waals surface area contributed by atoms with E-state index in [1.165, 1.54) is 24.9 Å². The maximum atomic E-state index is 13.3. The number of methoxy groups -OCH3 is 2. The second-order valence-corrected chi connectivity index (χ2v) is 8.40. The highest BCUT2D eigenvalue weighted by atomic mass is 16.5. The molecule has 0 spiro atoms. The molecule has 1 aliphatic heterocycles. The molecule has 8 nitrogen and oxygen atoms in total. The standard InChI is InChI=1S/C27H29N3O5/c1-34-23-16-21(27(33)29-13-7-4-8-14-29)22(17-24(23)35-2)28-25(31)20-12-9-15-30(26(20)32)18-19-10-5-3-6-11-19/h3,5-6,9-12,15-17H,4,7-8,13-14,18H2,1-2H3,(H,28,31). The molecule has 182 valence electrons. The number of carbonyl (C=O) groups excluding carboxylic acids is 2. The summed E-state index contributed by atoms with van der Waals surface area (Å²) >= 11 is 0. The van der Waals surface area contributed by atoms with E-state index in [2.05, 4.69) is 5.32 Å². The van der Waals surface area contributed by atoms with Crippen LogP contribution in [0.5, 0.6) is 11.5 Å². The van der Waals surface area contributed by atoms with Gasteiger partial charge >= 0.3 is 0 Å². The van der Waals surface area contributed by atoms with E-state index in [0.717, 1.165) is 24.8 Å². The molecule has 1 fully saturated rings. The predicted molar refractivity (Wildman–Crippen MR) is 133 cm³/mol. The fourth-order valence-corrected chi connectivity index (χ4v) is 4.23. The number of nitrogens with zero attached hydrogens (tertiary/aromatic N) is 2. The molecular formula is C27H29N3O5. The topological polar surface area (TPSA) is 89.9 Å². The van der Waals surface area contributed by atoms with Crippen LogP contribution in [0.3, 0.4) is 0 Å². The third-order valence-corrected chi connectivity index (χ3v) is 6.11. The lowest BCUT2D eigenvalue weighted by atomic mass is 10.1. The molecule has 0 saturated carbocycles. The van der Waals surface area contributed by atoms with Gasteiger partial charge in [0, 0.05) is 25.4 Å². The van der Waals surface area contributed by atoms with Crippen molar-refractivity contribution < 1.29 is 19.1 Å². The van der Waals surface area contributed by atoms with Crippen LogP contribution in [0.15, 0.2) is 65.6 Å². The van der Waals surface area contributed by atoms with Crippen LogP contribution in [0.4, 0.5) is 5.69 Å². The van der Waals surface area contributed by atoms with Crippen molar-refractivity contribution in [3.8, 4) is 11.5 Å². The lowest BCUT2D eigenvalue weighted by Crippen LogP contribution is -2.36. The van der Waals surface area contributed by atoms with Crippen LogP contribution in [0, 0.1) is 0 Å². The van der Waals surface area contributed by atoms with Gasteiger partial charge in [-0.05, 0) is 43.0 Å². The molecule has 1 N–H and O–H groups in total. The van der Waals surface area contributed by atoms with Crippen LogP contribution in [0.2, 0.25) is 0 Å². The molecule has 3 aromatic rings. The summed E-state index contributed by atoms with van der Waals surface area (Å²) in [5.41, 5.74) is 1.06. The molecule has 0 unspecified atom stereocenters. The summed E-state index contributed by atoms with van der Waals surface area (Å²) in [6.07, 6.45) is 4.60. The molecule has 8 heteroatoms. The number of aromatic nitrogens is 1. The molecule has 4 rings (SSSR count). The van der Waals surface area contributed by atoms with Gasteiger partial charge in [-0.2, -0.15) is 0 Å². The van der Waals surface area contributed by atoms with Gasteiger partial charge in [0.25, 0.3) is 17.4 Å². The first kappa shape index (κ1) is 24.1. The monoisotopic (exact) mass is 475 g/mol. The fourth-order valence-electron chi connectivity index (χ4n) is 4.23. The van der Waals surface area contributed by atoms with Crippen LogP contribution in [-0.4, -0.2) is 48.6 Å². The minimum absolute atomic E-state index is 0.0189. The first-order chi connectivity index (χ1) is 17.0. The number of amides is 2. The lowest BCUT2D eigenvalue weighted by molar-refractivity contribution is 0.0725. The van der Waals surface area contributed by atoms with E-state index in [9.17, 15) is 14.4 Å². The van der Waals surface area contributed by atoms with Crippen molar-refractivity contribution in [2.24, 2.45) is 0 Å². The number of hydrogen-bond donors (Lipinski definition) is 1. The Morgan fingerprint density at radius 2 is 1.57 bits per heavy atom. The van der Waals surface area contributed by atoms with Crippen LogP contribution in [0.1, 0.15) is 45.5 Å². The molecule has 1 saturated heterocycles. The molecule has 35 heavy (non-hydrogen) atoms. The van der Waals surface area contributed by atoms with Crippen molar-refractivity contribution in [2.45, 2.75) is 25.8 Å². The highest BCUT2D eigenvalue weighted by Gasteiger charge is 2.25. The molecule has 0 bridgehead atoms. The normalized spacial score (nSPS) is 13.3. The Balaban J connectivity index is 1.66. The Labute approximate surface area is 204 Å². The number of pyridine rings is 1. The van der Waals surface area contributed by atoms with Crippen molar-refractivity contribution in [2.75, 3.05) is 32.6 Å². The summed E-state index contributed by atoms with van der Waals surface area (Å²) < 4.78 is 12.3. The third kappa shape index (κ3) is 5.37. The molecule has 1 aliphatic rings. The second kappa shape index (κ2) is 10.9. The maximum Gasteiger partial charge on any atom is 0.263 e. The number of carbonyl (C=O) groups is 2. The highest BCUT2D eigenvalue weighted by Crippen LogP contribution is 2.34. The van der Waals surface area contributed by atoms with Crippen molar-refractivity contribution in [1.29, 1.82) is 0 Å². The van der Waals surface area contributed by atoms with Crippen molar-refractivity contribution in [3.63, 3.8) is 0 Å². The molecule has 0 atom stereocenters. The molecule has 2 heterocycles. The summed E-state index contributed by atoms with van der Waals surface area (Å²) in [5.74, 6) is -0.0452. The van der Waals surface area contributed by atoms with Crippen LogP contribution in [0.25, 0.3) is 0 Å². The van der Waals surface area contributed by atoms with E-state index in [1.807, 2.05) is 30.3 Å². The van der Waals surface area contributed by atoms with Gasteiger partial charge in [0.05, 0.1) is 32.0 Å². The fraction of sp³-hybridized carbons (Fsp3) is 0.296. The average Bonchev–Trinajstić information content (AvgIpc) is 2.90. The minimum atomic E-state index is -0.600. The van der Waals surface area contributed by atoms with E-state index in [0.29, 0.717) is 36.7 Å². The van der Waals surface area contributed by atoms with Crippen LogP contribution in [-0.2, 0) is 6.54 Å². The number of benzene rings is 2. The Morgan fingerprint density at radius 1 is 0.886 bits per heavy atom. The van der Waals surface area contributed by atoms with Gasteiger partial charge in [-0.3, -0.25) is 14.4 Å². The van der Waals surface area contributed by atoms with Crippen LogP contribution >= 0.6 is 0 Å². The zero-order chi connectivity index (χ0) is 24.8. The van der Waals surface area contributed by atoms with Crippen molar-refractivity contribution in [3.05, 3.63) is 87.8 Å². The quantitative estimate of drug-likeness (QED) is 0.562. The van der Waals surface area contributed by atoms with Gasteiger partial charge in [-0.1, -0.05) is 30.3 Å². The zero-order valence-corrected chi connectivity index (χ0v) is 20.0. The summed E-state index contributed by atoms with van der Waals surface area (Å²) in [7, 11) is 2.97. The molecule has 1 aromatic heterocycles. The lowest BCUT2D eigenvalue weighted by Gasteiger charge is -2.28. The number of rotatable bonds is 7. The van der Waals surface area contributed by atoms with E-state index >= 15 is 0 Å². The summed E-state index contributed by atoms with van der Waals surface area (Å²) in [6, 6.07) is 15.8. The van der Waals surface area contributed by atoms with Gasteiger partial charge in [0.15, 0.2) is 11.5 Å². The summed E-state index contributed by atoms with van der Waals surface area (Å²) in [6.45, 7) is 1.66. The van der Waals surface area contributed by atoms with Crippen molar-refractivity contribution in [1.82, 2.24) is 9.47 Å². The largest absolute Gasteiger partial charge is 0.493 e. The zero-order valence-electron chi connectivity index (χ0n) is 20.0. The Bertz CT molecular complexity index is 1260. The van der Waals surface area contributed by atoms with E-state index in [1.54, 1.807) is 29.3 Å². The van der Waals surface area contributed by atoms with Gasteiger partial charge in [-0.15, -0.1) is 0 Å². The number of likely N-dealkylation sites (tertiary alicyclic amines) is 1. The summed E-state index contributed by atoms with van der Waals surface area (Å²) in [5, 5.41) is 2.77. The number of hydrogen-bond acceptors (Lipinski definition) is 5. The number of piperidine rings is 1. The Kier molecular flexibility index (Phi) is 7.50. The third-order valence-electron chi connectivity index (χ3n) is 6.11. The first-order valence-electron chi connectivity index (χ1n) is 11.6. The van der Waals surface area contributed by atoms with E-state index in [-0.39, 0.29) is 17.2 Å². The minimum Gasteiger partial charge on any atom is -0.493 e. The molecule has 0 aliphatic carbocycles.